The van der Waals surface area contributed by atoms with E-state index in [1.165, 1.54) is 31.4 Å². The maximum Gasteiger partial charge on any atom is 0.121 e. The topological polar surface area (TPSA) is 28.4 Å². The number of rotatable bonds is 4. The van der Waals surface area contributed by atoms with Crippen LogP contribution in [0.25, 0.3) is 0 Å². The Balaban J connectivity index is 1.81. The second-order valence-corrected chi connectivity index (χ2v) is 5.93. The minimum absolute atomic E-state index is 0.518. The zero-order valence-corrected chi connectivity index (χ0v) is 12.0. The number of nitrogens with one attached hydrogen (secondary N) is 1. The highest BCUT2D eigenvalue weighted by molar-refractivity contribution is 5.13. The zero-order chi connectivity index (χ0) is 13.1. The van der Waals surface area contributed by atoms with Crippen molar-refractivity contribution in [2.45, 2.75) is 45.1 Å². The van der Waals surface area contributed by atoms with Gasteiger partial charge in [0.05, 0.1) is 6.04 Å². The lowest BCUT2D eigenvalue weighted by Gasteiger charge is -2.37. The van der Waals surface area contributed by atoms with Crippen LogP contribution in [0.1, 0.15) is 50.2 Å². The van der Waals surface area contributed by atoms with E-state index < -0.39 is 0 Å². The lowest BCUT2D eigenvalue weighted by molar-refractivity contribution is 0.106. The van der Waals surface area contributed by atoms with E-state index in [-0.39, 0.29) is 0 Å². The Hall–Kier alpha value is -0.800. The normalized spacial score (nSPS) is 23.8. The molecule has 2 heterocycles. The average molecular weight is 262 g/mol. The second kappa shape index (κ2) is 6.10. The molecule has 1 atom stereocenters. The second-order valence-electron chi connectivity index (χ2n) is 5.93. The monoisotopic (exact) mass is 262 g/mol. The molecule has 1 saturated heterocycles. The summed E-state index contributed by atoms with van der Waals surface area (Å²) in [5.41, 5.74) is 0. The third-order valence-corrected chi connectivity index (χ3v) is 4.71. The number of aryl methyl sites for hydroxylation is 1. The SMILES string of the molecule is CCc1ccc([C@@H](C2CCCC2)N2CCNCC2)o1. The minimum atomic E-state index is 0.518. The van der Waals surface area contributed by atoms with E-state index in [1.807, 2.05) is 0 Å². The smallest absolute Gasteiger partial charge is 0.121 e. The molecule has 2 aliphatic rings. The average Bonchev–Trinajstić information content (AvgIpc) is 3.12. The Morgan fingerprint density at radius 2 is 2.00 bits per heavy atom. The first-order valence-electron chi connectivity index (χ1n) is 7.92. The molecule has 0 aromatic carbocycles. The van der Waals surface area contributed by atoms with Gasteiger partial charge in [-0.05, 0) is 30.9 Å². The Kier molecular flexibility index (Phi) is 4.24. The number of hydrogen-bond acceptors (Lipinski definition) is 3. The highest BCUT2D eigenvalue weighted by Crippen LogP contribution is 2.40. The molecular weight excluding hydrogens is 236 g/mol. The van der Waals surface area contributed by atoms with E-state index in [2.05, 4.69) is 29.3 Å². The standard InChI is InChI=1S/C16H26N2O/c1-2-14-7-8-15(19-14)16(13-5-3-4-6-13)18-11-9-17-10-12-18/h7-8,13,16-17H,2-6,9-12H2,1H3/t16-/m1/s1. The maximum atomic E-state index is 6.10. The van der Waals surface area contributed by atoms with E-state index in [9.17, 15) is 0 Å². The van der Waals surface area contributed by atoms with Crippen molar-refractivity contribution in [3.8, 4) is 0 Å². The van der Waals surface area contributed by atoms with Crippen molar-refractivity contribution in [2.24, 2.45) is 5.92 Å². The molecule has 106 valence electrons. The van der Waals surface area contributed by atoms with Crippen LogP contribution in [0.4, 0.5) is 0 Å². The quantitative estimate of drug-likeness (QED) is 0.904. The zero-order valence-electron chi connectivity index (χ0n) is 12.0. The van der Waals surface area contributed by atoms with Gasteiger partial charge in [-0.2, -0.15) is 0 Å². The van der Waals surface area contributed by atoms with Crippen LogP contribution in [-0.2, 0) is 6.42 Å². The Morgan fingerprint density at radius 1 is 1.26 bits per heavy atom. The van der Waals surface area contributed by atoms with Crippen LogP contribution < -0.4 is 5.32 Å². The van der Waals surface area contributed by atoms with Crippen LogP contribution in [0.3, 0.4) is 0 Å². The van der Waals surface area contributed by atoms with Crippen LogP contribution in [0, 0.1) is 5.92 Å². The van der Waals surface area contributed by atoms with Gasteiger partial charge in [-0.15, -0.1) is 0 Å². The van der Waals surface area contributed by atoms with E-state index in [4.69, 9.17) is 4.42 Å². The summed E-state index contributed by atoms with van der Waals surface area (Å²) < 4.78 is 6.10. The van der Waals surface area contributed by atoms with Crippen molar-refractivity contribution in [1.29, 1.82) is 0 Å². The molecule has 0 radical (unpaired) electrons. The van der Waals surface area contributed by atoms with E-state index in [0.29, 0.717) is 6.04 Å². The Morgan fingerprint density at radius 3 is 2.63 bits per heavy atom. The van der Waals surface area contributed by atoms with E-state index >= 15 is 0 Å². The molecular formula is C16H26N2O. The van der Waals surface area contributed by atoms with Gasteiger partial charge in [-0.1, -0.05) is 19.8 Å². The van der Waals surface area contributed by atoms with Gasteiger partial charge in [0.2, 0.25) is 0 Å². The number of furan rings is 1. The summed E-state index contributed by atoms with van der Waals surface area (Å²) in [6.07, 6.45) is 6.54. The molecule has 1 N–H and O–H groups in total. The number of hydrogen-bond donors (Lipinski definition) is 1. The Bertz CT molecular complexity index is 389. The molecule has 1 saturated carbocycles. The van der Waals surface area contributed by atoms with Gasteiger partial charge < -0.3 is 9.73 Å². The minimum Gasteiger partial charge on any atom is -0.464 e. The summed E-state index contributed by atoms with van der Waals surface area (Å²) in [4.78, 5) is 2.64. The van der Waals surface area contributed by atoms with E-state index in [0.717, 1.165) is 44.3 Å². The lowest BCUT2D eigenvalue weighted by atomic mass is 9.94. The molecule has 0 spiro atoms. The van der Waals surface area contributed by atoms with Crippen molar-refractivity contribution in [3.63, 3.8) is 0 Å². The highest BCUT2D eigenvalue weighted by atomic mass is 16.3. The summed E-state index contributed by atoms with van der Waals surface area (Å²) in [5.74, 6) is 3.15. The largest absolute Gasteiger partial charge is 0.464 e. The molecule has 1 aliphatic heterocycles. The van der Waals surface area contributed by atoms with Crippen LogP contribution in [0.15, 0.2) is 16.5 Å². The first kappa shape index (κ1) is 13.2. The molecule has 0 unspecified atom stereocenters. The first-order valence-corrected chi connectivity index (χ1v) is 7.92. The third kappa shape index (κ3) is 2.87. The number of piperazine rings is 1. The maximum absolute atomic E-state index is 6.10. The predicted molar refractivity (Wildman–Crippen MR) is 77.2 cm³/mol. The van der Waals surface area contributed by atoms with Crippen LogP contribution >= 0.6 is 0 Å². The molecule has 1 aromatic heterocycles. The van der Waals surface area contributed by atoms with Gasteiger partial charge in [-0.25, -0.2) is 0 Å². The molecule has 1 aliphatic carbocycles. The summed E-state index contributed by atoms with van der Waals surface area (Å²) in [7, 11) is 0. The van der Waals surface area contributed by atoms with Gasteiger partial charge in [0, 0.05) is 32.6 Å². The predicted octanol–water partition coefficient (Wildman–Crippen LogP) is 2.98. The van der Waals surface area contributed by atoms with Crippen molar-refractivity contribution >= 4 is 0 Å². The van der Waals surface area contributed by atoms with Gasteiger partial charge in [0.1, 0.15) is 11.5 Å². The number of nitrogens with zero attached hydrogens (tertiary/aromatic N) is 1. The summed E-state index contributed by atoms with van der Waals surface area (Å²) in [6.45, 7) is 6.71. The molecule has 3 heteroatoms. The molecule has 19 heavy (non-hydrogen) atoms. The van der Waals surface area contributed by atoms with Gasteiger partial charge in [0.25, 0.3) is 0 Å². The van der Waals surface area contributed by atoms with Crippen LogP contribution in [0.2, 0.25) is 0 Å². The molecule has 3 rings (SSSR count). The molecule has 0 bridgehead atoms. The summed E-state index contributed by atoms with van der Waals surface area (Å²) >= 11 is 0. The highest BCUT2D eigenvalue weighted by Gasteiger charge is 2.33. The molecule has 0 amide bonds. The molecule has 1 aromatic rings. The van der Waals surface area contributed by atoms with Crippen LogP contribution in [-0.4, -0.2) is 31.1 Å². The van der Waals surface area contributed by atoms with Crippen molar-refractivity contribution in [1.82, 2.24) is 10.2 Å². The fourth-order valence-electron chi connectivity index (χ4n) is 3.69. The summed E-state index contributed by atoms with van der Waals surface area (Å²) in [6, 6.07) is 4.91. The molecule has 2 fully saturated rings. The van der Waals surface area contributed by atoms with Gasteiger partial charge >= 0.3 is 0 Å². The van der Waals surface area contributed by atoms with Crippen molar-refractivity contribution < 1.29 is 4.42 Å². The van der Waals surface area contributed by atoms with Crippen LogP contribution in [0.5, 0.6) is 0 Å². The van der Waals surface area contributed by atoms with Crippen molar-refractivity contribution in [2.75, 3.05) is 26.2 Å². The third-order valence-electron chi connectivity index (χ3n) is 4.71. The molecule has 3 nitrogen and oxygen atoms in total. The fourth-order valence-corrected chi connectivity index (χ4v) is 3.69. The lowest BCUT2D eigenvalue weighted by Crippen LogP contribution is -2.46. The fraction of sp³-hybridized carbons (Fsp3) is 0.750. The Labute approximate surface area is 116 Å². The van der Waals surface area contributed by atoms with Crippen molar-refractivity contribution in [3.05, 3.63) is 23.7 Å². The van der Waals surface area contributed by atoms with Gasteiger partial charge in [0.15, 0.2) is 0 Å². The summed E-state index contributed by atoms with van der Waals surface area (Å²) in [5, 5.41) is 3.46. The first-order chi connectivity index (χ1) is 9.38. The van der Waals surface area contributed by atoms with Gasteiger partial charge in [-0.3, -0.25) is 4.90 Å². The van der Waals surface area contributed by atoms with E-state index in [1.54, 1.807) is 0 Å².